The first-order chi connectivity index (χ1) is 10.1. The minimum atomic E-state index is -0.614. The average Bonchev–Trinajstić information content (AvgIpc) is 2.96. The molecule has 1 aromatic rings. The number of esters is 1. The molecule has 21 heavy (non-hydrogen) atoms. The molecule has 2 heterocycles. The van der Waals surface area contributed by atoms with Gasteiger partial charge in [0, 0.05) is 12.6 Å². The smallest absolute Gasteiger partial charge is 0.353 e. The van der Waals surface area contributed by atoms with Gasteiger partial charge in [-0.05, 0) is 12.8 Å². The van der Waals surface area contributed by atoms with E-state index in [4.69, 9.17) is 21.0 Å². The first-order valence-corrected chi connectivity index (χ1v) is 6.65. The molecule has 0 aromatic carbocycles. The standard InChI is InChI=1S/C14H16N2O5/c1-3-9-7-16(11-6-5-10(8-17)20-11)14(19)15-13(9)21-12(18)4-2/h1,7,10-11,17H,4-6,8H2,2H3. The summed E-state index contributed by atoms with van der Waals surface area (Å²) in [6, 6.07) is 0. The molecule has 1 aliphatic heterocycles. The molecule has 1 fully saturated rings. The second kappa shape index (κ2) is 6.52. The van der Waals surface area contributed by atoms with E-state index in [1.165, 1.54) is 10.8 Å². The number of aliphatic hydroxyl groups is 1. The van der Waals surface area contributed by atoms with Gasteiger partial charge in [0.2, 0.25) is 5.88 Å². The fourth-order valence-electron chi connectivity index (χ4n) is 2.04. The van der Waals surface area contributed by atoms with Gasteiger partial charge in [0.25, 0.3) is 0 Å². The minimum Gasteiger partial charge on any atom is -0.406 e. The Morgan fingerprint density at radius 1 is 1.67 bits per heavy atom. The molecule has 1 aromatic heterocycles. The van der Waals surface area contributed by atoms with Gasteiger partial charge in [0.15, 0.2) is 0 Å². The van der Waals surface area contributed by atoms with Crippen LogP contribution >= 0.6 is 0 Å². The van der Waals surface area contributed by atoms with Crippen LogP contribution in [0.4, 0.5) is 0 Å². The Morgan fingerprint density at radius 2 is 2.43 bits per heavy atom. The molecule has 7 nitrogen and oxygen atoms in total. The van der Waals surface area contributed by atoms with Crippen molar-refractivity contribution in [2.45, 2.75) is 38.5 Å². The Balaban J connectivity index is 2.31. The van der Waals surface area contributed by atoms with Gasteiger partial charge in [0.05, 0.1) is 12.7 Å². The van der Waals surface area contributed by atoms with Crippen molar-refractivity contribution in [3.63, 3.8) is 0 Å². The molecule has 2 rings (SSSR count). The van der Waals surface area contributed by atoms with Crippen molar-refractivity contribution in [2.75, 3.05) is 6.61 Å². The maximum Gasteiger partial charge on any atom is 0.353 e. The highest BCUT2D eigenvalue weighted by molar-refractivity contribution is 5.72. The van der Waals surface area contributed by atoms with Crippen molar-refractivity contribution in [1.82, 2.24) is 9.55 Å². The second-order valence-electron chi connectivity index (χ2n) is 4.59. The van der Waals surface area contributed by atoms with Crippen LogP contribution in [0.3, 0.4) is 0 Å². The van der Waals surface area contributed by atoms with Gasteiger partial charge in [-0.15, -0.1) is 6.42 Å². The van der Waals surface area contributed by atoms with E-state index in [-0.39, 0.29) is 30.6 Å². The summed E-state index contributed by atoms with van der Waals surface area (Å²) in [6.07, 6.45) is 7.30. The lowest BCUT2D eigenvalue weighted by Gasteiger charge is -2.15. The first kappa shape index (κ1) is 15.2. The number of carbonyl (C=O) groups is 1. The number of nitrogens with zero attached hydrogens (tertiary/aromatic N) is 2. The largest absolute Gasteiger partial charge is 0.406 e. The number of ether oxygens (including phenoxy) is 2. The van der Waals surface area contributed by atoms with Gasteiger partial charge in [-0.2, -0.15) is 4.98 Å². The summed E-state index contributed by atoms with van der Waals surface area (Å²) >= 11 is 0. The SMILES string of the molecule is C#Cc1cn(C2CCC(CO)O2)c(=O)nc1OC(=O)CC. The van der Waals surface area contributed by atoms with Crippen molar-refractivity contribution in [1.29, 1.82) is 0 Å². The summed E-state index contributed by atoms with van der Waals surface area (Å²) in [5, 5.41) is 9.05. The molecule has 112 valence electrons. The average molecular weight is 292 g/mol. The topological polar surface area (TPSA) is 90.7 Å². The molecule has 7 heteroatoms. The zero-order chi connectivity index (χ0) is 15.4. The van der Waals surface area contributed by atoms with Gasteiger partial charge < -0.3 is 14.6 Å². The van der Waals surface area contributed by atoms with E-state index in [2.05, 4.69) is 10.9 Å². The van der Waals surface area contributed by atoms with Crippen molar-refractivity contribution in [3.8, 4) is 18.2 Å². The summed E-state index contributed by atoms with van der Waals surface area (Å²) in [5.41, 5.74) is -0.413. The van der Waals surface area contributed by atoms with Crippen molar-refractivity contribution in [2.24, 2.45) is 0 Å². The van der Waals surface area contributed by atoms with Crippen molar-refractivity contribution >= 4 is 5.97 Å². The quantitative estimate of drug-likeness (QED) is 0.630. The number of carbonyl (C=O) groups excluding carboxylic acids is 1. The number of aromatic nitrogens is 2. The van der Waals surface area contributed by atoms with Gasteiger partial charge in [-0.3, -0.25) is 9.36 Å². The zero-order valence-electron chi connectivity index (χ0n) is 11.6. The Kier molecular flexibility index (Phi) is 4.73. The molecular weight excluding hydrogens is 276 g/mol. The monoisotopic (exact) mass is 292 g/mol. The van der Waals surface area contributed by atoms with Crippen LogP contribution in [-0.4, -0.2) is 33.3 Å². The molecule has 1 N–H and O–H groups in total. The maximum absolute atomic E-state index is 12.0. The van der Waals surface area contributed by atoms with Crippen LogP contribution in [0.2, 0.25) is 0 Å². The highest BCUT2D eigenvalue weighted by Gasteiger charge is 2.27. The van der Waals surface area contributed by atoms with Gasteiger partial charge >= 0.3 is 11.7 Å². The number of rotatable bonds is 4. The summed E-state index contributed by atoms with van der Waals surface area (Å²) in [7, 11) is 0. The highest BCUT2D eigenvalue weighted by Crippen LogP contribution is 2.27. The number of hydrogen-bond donors (Lipinski definition) is 1. The third-order valence-corrected chi connectivity index (χ3v) is 3.17. The molecule has 1 saturated heterocycles. The predicted molar refractivity (Wildman–Crippen MR) is 72.6 cm³/mol. The Labute approximate surface area is 121 Å². The molecule has 1 aliphatic rings. The first-order valence-electron chi connectivity index (χ1n) is 6.65. The summed E-state index contributed by atoms with van der Waals surface area (Å²) < 4.78 is 11.7. The molecular formula is C14H16N2O5. The highest BCUT2D eigenvalue weighted by atomic mass is 16.5. The van der Waals surface area contributed by atoms with E-state index >= 15 is 0 Å². The Bertz CT molecular complexity index is 631. The van der Waals surface area contributed by atoms with Crippen LogP contribution < -0.4 is 10.4 Å². The lowest BCUT2D eigenvalue weighted by molar-refractivity contribution is -0.134. The van der Waals surface area contributed by atoms with E-state index in [1.807, 2.05) is 0 Å². The summed E-state index contributed by atoms with van der Waals surface area (Å²) in [4.78, 5) is 27.0. The van der Waals surface area contributed by atoms with E-state index in [0.717, 1.165) is 0 Å². The van der Waals surface area contributed by atoms with E-state index in [1.54, 1.807) is 6.92 Å². The number of hydrogen-bond acceptors (Lipinski definition) is 6. The number of aliphatic hydroxyl groups excluding tert-OH is 1. The summed E-state index contributed by atoms with van der Waals surface area (Å²) in [5.74, 6) is 1.65. The Hall–Kier alpha value is -2.17. The molecule has 2 atom stereocenters. The van der Waals surface area contributed by atoms with Gasteiger partial charge in [-0.1, -0.05) is 12.8 Å². The van der Waals surface area contributed by atoms with Crippen LogP contribution in [-0.2, 0) is 9.53 Å². The molecule has 0 aliphatic carbocycles. The lowest BCUT2D eigenvalue weighted by atomic mass is 10.2. The van der Waals surface area contributed by atoms with Crippen LogP contribution in [0.25, 0.3) is 0 Å². The molecule has 0 radical (unpaired) electrons. The third kappa shape index (κ3) is 3.29. The summed E-state index contributed by atoms with van der Waals surface area (Å²) in [6.45, 7) is 1.52. The predicted octanol–water partition coefficient (Wildman–Crippen LogP) is 0.210. The Morgan fingerprint density at radius 3 is 3.00 bits per heavy atom. The van der Waals surface area contributed by atoms with E-state index < -0.39 is 17.9 Å². The van der Waals surface area contributed by atoms with Crippen LogP contribution in [0.1, 0.15) is 38.0 Å². The molecule has 0 bridgehead atoms. The molecule has 0 amide bonds. The van der Waals surface area contributed by atoms with Gasteiger partial charge in [-0.25, -0.2) is 4.79 Å². The fraction of sp³-hybridized carbons (Fsp3) is 0.500. The number of terminal acetylenes is 1. The van der Waals surface area contributed by atoms with Crippen LogP contribution in [0.5, 0.6) is 5.88 Å². The van der Waals surface area contributed by atoms with Crippen LogP contribution in [0, 0.1) is 12.3 Å². The normalized spacial score (nSPS) is 21.0. The van der Waals surface area contributed by atoms with Gasteiger partial charge in [0.1, 0.15) is 11.8 Å². The third-order valence-electron chi connectivity index (χ3n) is 3.17. The zero-order valence-corrected chi connectivity index (χ0v) is 11.6. The van der Waals surface area contributed by atoms with E-state index in [9.17, 15) is 9.59 Å². The van der Waals surface area contributed by atoms with Crippen LogP contribution in [0.15, 0.2) is 11.0 Å². The molecule has 0 spiro atoms. The lowest BCUT2D eigenvalue weighted by Crippen LogP contribution is -2.29. The minimum absolute atomic E-state index is 0.104. The molecule has 0 saturated carbocycles. The second-order valence-corrected chi connectivity index (χ2v) is 4.59. The molecule has 2 unspecified atom stereocenters. The van der Waals surface area contributed by atoms with Crippen molar-refractivity contribution in [3.05, 3.63) is 22.2 Å². The fourth-order valence-corrected chi connectivity index (χ4v) is 2.04. The maximum atomic E-state index is 12.0. The van der Waals surface area contributed by atoms with Crippen molar-refractivity contribution < 1.29 is 19.4 Å². The van der Waals surface area contributed by atoms with E-state index in [0.29, 0.717) is 12.8 Å².